The lowest BCUT2D eigenvalue weighted by Gasteiger charge is -2.20. The van der Waals surface area contributed by atoms with Crippen LogP contribution in [0.2, 0.25) is 0 Å². The van der Waals surface area contributed by atoms with Crippen molar-refractivity contribution in [1.29, 1.82) is 0 Å². The van der Waals surface area contributed by atoms with Gasteiger partial charge in [-0.3, -0.25) is 0 Å². The van der Waals surface area contributed by atoms with E-state index in [9.17, 15) is 5.11 Å². The maximum atomic E-state index is 10.2. The highest BCUT2D eigenvalue weighted by Crippen LogP contribution is 2.25. The van der Waals surface area contributed by atoms with Crippen LogP contribution in [0.25, 0.3) is 0 Å². The molecule has 0 amide bonds. The number of benzene rings is 1. The molecular weight excluding hydrogens is 212 g/mol. The van der Waals surface area contributed by atoms with Crippen molar-refractivity contribution in [3.05, 3.63) is 34.9 Å². The molecule has 1 heterocycles. The number of ether oxygens (including phenoxy) is 1. The fourth-order valence-corrected chi connectivity index (χ4v) is 2.63. The van der Waals surface area contributed by atoms with Crippen molar-refractivity contribution in [2.45, 2.75) is 58.3 Å². The Morgan fingerprint density at radius 1 is 1.29 bits per heavy atom. The molecule has 2 heteroatoms. The molecular formula is C15H22O2. The molecule has 3 unspecified atom stereocenters. The fraction of sp³-hybridized carbons (Fsp3) is 0.600. The average molecular weight is 234 g/mol. The van der Waals surface area contributed by atoms with Gasteiger partial charge in [-0.25, -0.2) is 0 Å². The van der Waals surface area contributed by atoms with Gasteiger partial charge in [-0.2, -0.15) is 0 Å². The Morgan fingerprint density at radius 2 is 1.94 bits per heavy atom. The van der Waals surface area contributed by atoms with Crippen LogP contribution in [-0.2, 0) is 11.2 Å². The van der Waals surface area contributed by atoms with E-state index >= 15 is 0 Å². The van der Waals surface area contributed by atoms with Crippen LogP contribution in [0.1, 0.15) is 36.5 Å². The summed E-state index contributed by atoms with van der Waals surface area (Å²) in [5.74, 6) is 0. The van der Waals surface area contributed by atoms with E-state index in [1.54, 1.807) is 0 Å². The van der Waals surface area contributed by atoms with E-state index in [0.717, 1.165) is 12.8 Å². The lowest BCUT2D eigenvalue weighted by molar-refractivity contribution is -0.0279. The van der Waals surface area contributed by atoms with Gasteiger partial charge in [0, 0.05) is 6.42 Å². The number of hydrogen-bond donors (Lipinski definition) is 1. The smallest absolute Gasteiger partial charge is 0.0842 e. The third kappa shape index (κ3) is 2.88. The number of rotatable bonds is 3. The number of aliphatic hydroxyl groups is 1. The summed E-state index contributed by atoms with van der Waals surface area (Å²) in [6.45, 7) is 6.28. The normalized spacial score (nSPS) is 26.1. The maximum absolute atomic E-state index is 10.2. The molecule has 1 aliphatic heterocycles. The van der Waals surface area contributed by atoms with Crippen molar-refractivity contribution >= 4 is 0 Å². The molecule has 1 N–H and O–H groups in total. The average Bonchev–Trinajstić information content (AvgIpc) is 2.70. The zero-order valence-corrected chi connectivity index (χ0v) is 10.9. The molecule has 0 aliphatic carbocycles. The standard InChI is InChI=1S/C15H22O2/c1-10-5-4-6-11(2)13(10)9-14(16)15-8-7-12(3)17-15/h4-6,12,14-16H,7-9H2,1-3H3. The van der Waals surface area contributed by atoms with Crippen molar-refractivity contribution < 1.29 is 9.84 Å². The van der Waals surface area contributed by atoms with Crippen molar-refractivity contribution in [3.8, 4) is 0 Å². The van der Waals surface area contributed by atoms with Crippen molar-refractivity contribution in [1.82, 2.24) is 0 Å². The van der Waals surface area contributed by atoms with Crippen molar-refractivity contribution in [2.24, 2.45) is 0 Å². The molecule has 0 bridgehead atoms. The molecule has 3 atom stereocenters. The van der Waals surface area contributed by atoms with E-state index in [2.05, 4.69) is 39.0 Å². The molecule has 2 rings (SSSR count). The third-order valence-electron chi connectivity index (χ3n) is 3.75. The van der Waals surface area contributed by atoms with Crippen molar-refractivity contribution in [2.75, 3.05) is 0 Å². The number of aryl methyl sites for hydroxylation is 2. The summed E-state index contributed by atoms with van der Waals surface area (Å²) in [6.07, 6.45) is 2.69. The molecule has 1 fully saturated rings. The van der Waals surface area contributed by atoms with Crippen LogP contribution in [0.5, 0.6) is 0 Å². The quantitative estimate of drug-likeness (QED) is 0.871. The monoisotopic (exact) mass is 234 g/mol. The summed E-state index contributed by atoms with van der Waals surface area (Å²) in [5.41, 5.74) is 3.79. The van der Waals surface area contributed by atoms with Gasteiger partial charge in [0.05, 0.1) is 18.3 Å². The van der Waals surface area contributed by atoms with E-state index < -0.39 is 0 Å². The van der Waals surface area contributed by atoms with Crippen LogP contribution in [-0.4, -0.2) is 23.4 Å². The molecule has 2 nitrogen and oxygen atoms in total. The summed E-state index contributed by atoms with van der Waals surface area (Å²) in [4.78, 5) is 0. The molecule has 0 saturated carbocycles. The van der Waals surface area contributed by atoms with E-state index in [4.69, 9.17) is 4.74 Å². The van der Waals surface area contributed by atoms with Gasteiger partial charge >= 0.3 is 0 Å². The summed E-state index contributed by atoms with van der Waals surface area (Å²) in [7, 11) is 0. The third-order valence-corrected chi connectivity index (χ3v) is 3.75. The molecule has 1 saturated heterocycles. The molecule has 0 aromatic heterocycles. The van der Waals surface area contributed by atoms with Crippen LogP contribution in [0.4, 0.5) is 0 Å². The Morgan fingerprint density at radius 3 is 2.47 bits per heavy atom. The zero-order valence-electron chi connectivity index (χ0n) is 10.9. The lowest BCUT2D eigenvalue weighted by atomic mass is 9.95. The second kappa shape index (κ2) is 5.19. The first-order valence-electron chi connectivity index (χ1n) is 6.46. The zero-order chi connectivity index (χ0) is 12.4. The first-order valence-corrected chi connectivity index (χ1v) is 6.46. The predicted octanol–water partition coefficient (Wildman–Crippen LogP) is 2.77. The molecule has 0 radical (unpaired) electrons. The summed E-state index contributed by atoms with van der Waals surface area (Å²) >= 11 is 0. The van der Waals surface area contributed by atoms with Gasteiger partial charge in [0.15, 0.2) is 0 Å². The predicted molar refractivity (Wildman–Crippen MR) is 69.2 cm³/mol. The highest BCUT2D eigenvalue weighted by molar-refractivity contribution is 5.34. The maximum Gasteiger partial charge on any atom is 0.0842 e. The summed E-state index contributed by atoms with van der Waals surface area (Å²) in [6, 6.07) is 6.27. The number of aliphatic hydroxyl groups excluding tert-OH is 1. The Bertz CT molecular complexity index is 366. The minimum atomic E-state index is -0.375. The Kier molecular flexibility index (Phi) is 3.85. The Hall–Kier alpha value is -0.860. The topological polar surface area (TPSA) is 29.5 Å². The highest BCUT2D eigenvalue weighted by atomic mass is 16.5. The largest absolute Gasteiger partial charge is 0.390 e. The van der Waals surface area contributed by atoms with Gasteiger partial charge in [-0.1, -0.05) is 18.2 Å². The number of hydrogen-bond acceptors (Lipinski definition) is 2. The Balaban J connectivity index is 2.05. The van der Waals surface area contributed by atoms with E-state index in [-0.39, 0.29) is 12.2 Å². The van der Waals surface area contributed by atoms with E-state index in [1.165, 1.54) is 16.7 Å². The van der Waals surface area contributed by atoms with Gasteiger partial charge in [0.1, 0.15) is 0 Å². The van der Waals surface area contributed by atoms with Crippen LogP contribution in [0.15, 0.2) is 18.2 Å². The van der Waals surface area contributed by atoms with Crippen LogP contribution >= 0.6 is 0 Å². The SMILES string of the molecule is Cc1cccc(C)c1CC(O)C1CCC(C)O1. The Labute approximate surface area is 104 Å². The van der Waals surface area contributed by atoms with Crippen molar-refractivity contribution in [3.63, 3.8) is 0 Å². The summed E-state index contributed by atoms with van der Waals surface area (Å²) < 4.78 is 5.73. The van der Waals surface area contributed by atoms with Gasteiger partial charge in [0.2, 0.25) is 0 Å². The highest BCUT2D eigenvalue weighted by Gasteiger charge is 2.28. The van der Waals surface area contributed by atoms with Crippen LogP contribution in [0.3, 0.4) is 0 Å². The molecule has 1 aromatic carbocycles. The molecule has 1 aliphatic rings. The first-order chi connectivity index (χ1) is 8.08. The van der Waals surface area contributed by atoms with Crippen LogP contribution < -0.4 is 0 Å². The van der Waals surface area contributed by atoms with Gasteiger partial charge in [-0.05, 0) is 50.3 Å². The molecule has 94 valence electrons. The summed E-state index contributed by atoms with van der Waals surface area (Å²) in [5, 5.41) is 10.2. The minimum Gasteiger partial charge on any atom is -0.390 e. The molecule has 17 heavy (non-hydrogen) atoms. The second-order valence-corrected chi connectivity index (χ2v) is 5.20. The van der Waals surface area contributed by atoms with E-state index in [0.29, 0.717) is 12.5 Å². The first kappa shape index (κ1) is 12.6. The second-order valence-electron chi connectivity index (χ2n) is 5.20. The minimum absolute atomic E-state index is 0.0176. The van der Waals surface area contributed by atoms with Gasteiger partial charge in [0.25, 0.3) is 0 Å². The van der Waals surface area contributed by atoms with Gasteiger partial charge in [-0.15, -0.1) is 0 Å². The van der Waals surface area contributed by atoms with Gasteiger partial charge < -0.3 is 9.84 Å². The molecule has 1 aromatic rings. The fourth-order valence-electron chi connectivity index (χ4n) is 2.63. The van der Waals surface area contributed by atoms with E-state index in [1.807, 2.05) is 0 Å². The lowest BCUT2D eigenvalue weighted by Crippen LogP contribution is -2.28. The molecule has 0 spiro atoms. The van der Waals surface area contributed by atoms with Crippen LogP contribution in [0, 0.1) is 13.8 Å².